The Hall–Kier alpha value is -3.50. The number of hydrogen-bond acceptors (Lipinski definition) is 4. The van der Waals surface area contributed by atoms with Crippen molar-refractivity contribution in [3.8, 4) is 28.4 Å². The molecule has 6 rings (SSSR count). The predicted octanol–water partition coefficient (Wildman–Crippen LogP) is 6.58. The molecule has 2 aliphatic rings. The number of nitrogens with zero attached hydrogens (tertiary/aromatic N) is 1. The molecule has 1 heterocycles. The van der Waals surface area contributed by atoms with Crippen molar-refractivity contribution in [3.05, 3.63) is 89.5 Å². The molecular weight excluding hydrogens is 434 g/mol. The van der Waals surface area contributed by atoms with Crippen molar-refractivity contribution < 1.29 is 14.6 Å². The number of phenolic OH excluding ortho intramolecular Hbond substituents is 1. The zero-order valence-corrected chi connectivity index (χ0v) is 20.2. The lowest BCUT2D eigenvalue weighted by Gasteiger charge is -2.26. The number of aromatic hydroxyl groups is 1. The number of rotatable bonds is 6. The summed E-state index contributed by atoms with van der Waals surface area (Å²) in [5.41, 5.74) is 6.01. The molecule has 1 atom stereocenters. The molecule has 0 radical (unpaired) electrons. The summed E-state index contributed by atoms with van der Waals surface area (Å²) in [6.45, 7) is 4.10. The minimum atomic E-state index is 0.0973. The van der Waals surface area contributed by atoms with Crippen LogP contribution in [0.2, 0.25) is 0 Å². The average Bonchev–Trinajstić information content (AvgIpc) is 3.23. The van der Waals surface area contributed by atoms with Crippen LogP contribution in [0.4, 0.5) is 0 Å². The number of piperidine rings is 1. The van der Waals surface area contributed by atoms with Gasteiger partial charge in [0.15, 0.2) is 0 Å². The predicted molar refractivity (Wildman–Crippen MR) is 141 cm³/mol. The summed E-state index contributed by atoms with van der Waals surface area (Å²) < 4.78 is 11.6. The highest BCUT2D eigenvalue weighted by Gasteiger charge is 2.32. The van der Waals surface area contributed by atoms with E-state index in [0.29, 0.717) is 5.75 Å². The van der Waals surface area contributed by atoms with E-state index in [1.165, 1.54) is 60.0 Å². The van der Waals surface area contributed by atoms with Gasteiger partial charge in [0, 0.05) is 12.5 Å². The first kappa shape index (κ1) is 22.0. The summed E-state index contributed by atoms with van der Waals surface area (Å²) >= 11 is 0. The van der Waals surface area contributed by atoms with E-state index in [-0.39, 0.29) is 5.92 Å². The molecule has 4 aromatic carbocycles. The number of phenols is 1. The fourth-order valence-corrected chi connectivity index (χ4v) is 5.77. The second kappa shape index (κ2) is 9.27. The minimum Gasteiger partial charge on any atom is -0.508 e. The second-order valence-corrected chi connectivity index (χ2v) is 9.64. The third-order valence-corrected chi connectivity index (χ3v) is 7.53. The van der Waals surface area contributed by atoms with Gasteiger partial charge in [0.2, 0.25) is 0 Å². The number of hydrogen-bond donors (Lipinski definition) is 1. The molecule has 1 aliphatic carbocycles. The fraction of sp³-hybridized carbons (Fsp3) is 0.290. The normalized spacial score (nSPS) is 17.2. The van der Waals surface area contributed by atoms with Crippen molar-refractivity contribution in [2.45, 2.75) is 25.2 Å². The zero-order chi connectivity index (χ0) is 23.8. The van der Waals surface area contributed by atoms with Crippen LogP contribution in [0.5, 0.6) is 17.2 Å². The molecule has 4 heteroatoms. The topological polar surface area (TPSA) is 41.9 Å². The Morgan fingerprint density at radius 3 is 2.43 bits per heavy atom. The molecule has 35 heavy (non-hydrogen) atoms. The van der Waals surface area contributed by atoms with Crippen LogP contribution in [0.25, 0.3) is 21.9 Å². The molecule has 1 fully saturated rings. The Morgan fingerprint density at radius 2 is 1.63 bits per heavy atom. The van der Waals surface area contributed by atoms with E-state index < -0.39 is 0 Å². The van der Waals surface area contributed by atoms with Gasteiger partial charge in [-0.15, -0.1) is 0 Å². The number of likely N-dealkylation sites (tertiary alicyclic amines) is 1. The van der Waals surface area contributed by atoms with Crippen LogP contribution in [0.3, 0.4) is 0 Å². The summed E-state index contributed by atoms with van der Waals surface area (Å²) in [7, 11) is 1.70. The maximum absolute atomic E-state index is 10.2. The molecule has 0 aromatic heterocycles. The van der Waals surface area contributed by atoms with Gasteiger partial charge in [-0.2, -0.15) is 0 Å². The van der Waals surface area contributed by atoms with Gasteiger partial charge in [0.05, 0.1) is 7.11 Å². The second-order valence-electron chi connectivity index (χ2n) is 9.64. The van der Waals surface area contributed by atoms with Crippen LogP contribution in [-0.2, 0) is 0 Å². The van der Waals surface area contributed by atoms with Crippen molar-refractivity contribution in [3.63, 3.8) is 0 Å². The van der Waals surface area contributed by atoms with Crippen LogP contribution >= 0.6 is 0 Å². The molecule has 1 saturated heterocycles. The summed E-state index contributed by atoms with van der Waals surface area (Å²) in [5, 5.41) is 12.6. The molecule has 4 aromatic rings. The molecule has 1 unspecified atom stereocenters. The van der Waals surface area contributed by atoms with E-state index in [1.54, 1.807) is 13.2 Å². The van der Waals surface area contributed by atoms with Crippen LogP contribution in [0.15, 0.2) is 72.8 Å². The molecule has 1 N–H and O–H groups in total. The molecule has 0 amide bonds. The Morgan fingerprint density at radius 1 is 0.829 bits per heavy atom. The highest BCUT2D eigenvalue weighted by atomic mass is 16.5. The van der Waals surface area contributed by atoms with Crippen LogP contribution in [0, 0.1) is 0 Å². The van der Waals surface area contributed by atoms with Gasteiger partial charge in [-0.05, 0) is 101 Å². The molecule has 0 bridgehead atoms. The molecule has 178 valence electrons. The summed E-state index contributed by atoms with van der Waals surface area (Å²) in [5.74, 6) is 2.16. The number of methoxy groups -OCH3 is 1. The first-order chi connectivity index (χ1) is 17.2. The van der Waals surface area contributed by atoms with Gasteiger partial charge in [-0.3, -0.25) is 4.90 Å². The molecule has 1 aliphatic heterocycles. The Kier molecular flexibility index (Phi) is 5.83. The third kappa shape index (κ3) is 4.12. The van der Waals surface area contributed by atoms with Crippen molar-refractivity contribution >= 4 is 10.8 Å². The lowest BCUT2D eigenvalue weighted by molar-refractivity contribution is 0.183. The van der Waals surface area contributed by atoms with Crippen LogP contribution in [0.1, 0.15) is 41.9 Å². The first-order valence-corrected chi connectivity index (χ1v) is 12.6. The summed E-state index contributed by atoms with van der Waals surface area (Å²) in [4.78, 5) is 2.50. The Bertz CT molecular complexity index is 1360. The number of ether oxygens (including phenoxy) is 2. The van der Waals surface area contributed by atoms with Gasteiger partial charge >= 0.3 is 0 Å². The first-order valence-electron chi connectivity index (χ1n) is 12.6. The van der Waals surface area contributed by atoms with E-state index in [0.717, 1.165) is 35.6 Å². The van der Waals surface area contributed by atoms with Crippen molar-refractivity contribution in [1.82, 2.24) is 4.90 Å². The zero-order valence-electron chi connectivity index (χ0n) is 20.2. The average molecular weight is 466 g/mol. The Labute approximate surface area is 206 Å². The van der Waals surface area contributed by atoms with Gasteiger partial charge in [0.1, 0.15) is 23.9 Å². The van der Waals surface area contributed by atoms with Gasteiger partial charge in [-0.25, -0.2) is 0 Å². The van der Waals surface area contributed by atoms with Gasteiger partial charge in [-0.1, -0.05) is 42.8 Å². The van der Waals surface area contributed by atoms with Crippen molar-refractivity contribution in [2.75, 3.05) is 33.4 Å². The largest absolute Gasteiger partial charge is 0.508 e. The Balaban J connectivity index is 1.33. The van der Waals surface area contributed by atoms with Crippen LogP contribution < -0.4 is 9.47 Å². The van der Waals surface area contributed by atoms with E-state index in [1.807, 2.05) is 12.1 Å². The third-order valence-electron chi connectivity index (χ3n) is 7.53. The van der Waals surface area contributed by atoms with Gasteiger partial charge < -0.3 is 14.6 Å². The van der Waals surface area contributed by atoms with E-state index >= 15 is 0 Å². The smallest absolute Gasteiger partial charge is 0.119 e. The maximum Gasteiger partial charge on any atom is 0.119 e. The molecule has 4 nitrogen and oxygen atoms in total. The highest BCUT2D eigenvalue weighted by molar-refractivity contribution is 5.98. The van der Waals surface area contributed by atoms with Crippen molar-refractivity contribution in [2.24, 2.45) is 0 Å². The SMILES string of the molecule is COc1ccc2c3c(ccc2c1)-c1cc(O)ccc1C3c1ccc(OCCN2CCCCC2)cc1. The summed E-state index contributed by atoms with van der Waals surface area (Å²) in [6, 6.07) is 24.9. The summed E-state index contributed by atoms with van der Waals surface area (Å²) in [6.07, 6.45) is 3.96. The lowest BCUT2D eigenvalue weighted by atomic mass is 9.86. The maximum atomic E-state index is 10.2. The van der Waals surface area contributed by atoms with E-state index in [4.69, 9.17) is 9.47 Å². The quantitative estimate of drug-likeness (QED) is 0.308. The monoisotopic (exact) mass is 465 g/mol. The van der Waals surface area contributed by atoms with Crippen molar-refractivity contribution in [1.29, 1.82) is 0 Å². The number of benzene rings is 4. The fourth-order valence-electron chi connectivity index (χ4n) is 5.77. The number of fused-ring (bicyclic) bond motifs is 5. The van der Waals surface area contributed by atoms with E-state index in [9.17, 15) is 5.11 Å². The van der Waals surface area contributed by atoms with Crippen LogP contribution in [-0.4, -0.2) is 43.4 Å². The van der Waals surface area contributed by atoms with Gasteiger partial charge in [0.25, 0.3) is 0 Å². The highest BCUT2D eigenvalue weighted by Crippen LogP contribution is 2.51. The molecular formula is C31H31NO3. The molecule has 0 spiro atoms. The lowest BCUT2D eigenvalue weighted by Crippen LogP contribution is -2.33. The van der Waals surface area contributed by atoms with E-state index in [2.05, 4.69) is 59.5 Å². The standard InChI is InChI=1S/C31H31NO3/c1-34-25-11-14-26-22(19-25)7-12-28-29-20-23(33)8-13-27(29)30(31(26)28)21-5-9-24(10-6-21)35-18-17-32-15-3-2-4-16-32/h5-14,19-20,30,33H,2-4,15-18H2,1H3. The minimum absolute atomic E-state index is 0.0973. The molecule has 0 saturated carbocycles.